The highest BCUT2D eigenvalue weighted by Crippen LogP contribution is 2.27. The molecule has 0 spiro atoms. The number of nitrogens with one attached hydrogen (secondary N) is 1. The summed E-state index contributed by atoms with van der Waals surface area (Å²) in [6, 6.07) is 2.70. The van der Waals surface area contributed by atoms with Crippen LogP contribution in [-0.4, -0.2) is 22.4 Å². The first-order valence-corrected chi connectivity index (χ1v) is 7.53. The Labute approximate surface area is 111 Å². The van der Waals surface area contributed by atoms with Gasteiger partial charge < -0.3 is 5.32 Å². The first-order valence-electron chi connectivity index (χ1n) is 7.53. The van der Waals surface area contributed by atoms with Gasteiger partial charge in [0.05, 0.1) is 6.54 Å². The number of aryl methyl sites for hydroxylation is 1. The van der Waals surface area contributed by atoms with Crippen LogP contribution in [0.2, 0.25) is 0 Å². The van der Waals surface area contributed by atoms with E-state index in [0.29, 0.717) is 6.04 Å². The molecule has 0 amide bonds. The van der Waals surface area contributed by atoms with Gasteiger partial charge in [-0.15, -0.1) is 0 Å². The molecule has 0 aliphatic heterocycles. The topological polar surface area (TPSA) is 29.9 Å². The summed E-state index contributed by atoms with van der Waals surface area (Å²) < 4.78 is 2.15. The van der Waals surface area contributed by atoms with Gasteiger partial charge in [0.1, 0.15) is 0 Å². The third kappa shape index (κ3) is 3.58. The van der Waals surface area contributed by atoms with E-state index in [4.69, 9.17) is 0 Å². The Morgan fingerprint density at radius 2 is 2.17 bits per heavy atom. The summed E-state index contributed by atoms with van der Waals surface area (Å²) in [7, 11) is 0. The van der Waals surface area contributed by atoms with E-state index in [1.807, 2.05) is 6.20 Å². The normalized spacial score (nSPS) is 19.0. The molecule has 1 aromatic heterocycles. The van der Waals surface area contributed by atoms with E-state index in [1.165, 1.54) is 44.2 Å². The molecule has 0 saturated heterocycles. The van der Waals surface area contributed by atoms with Crippen molar-refractivity contribution in [1.29, 1.82) is 0 Å². The van der Waals surface area contributed by atoms with Gasteiger partial charge in [-0.2, -0.15) is 5.10 Å². The molecule has 1 fully saturated rings. The first-order chi connectivity index (χ1) is 8.81. The van der Waals surface area contributed by atoms with Crippen LogP contribution in [0.15, 0.2) is 12.3 Å². The molecule has 102 valence electrons. The Morgan fingerprint density at radius 3 is 2.78 bits per heavy atom. The number of aromatic nitrogens is 2. The van der Waals surface area contributed by atoms with Crippen LogP contribution >= 0.6 is 0 Å². The zero-order chi connectivity index (χ0) is 12.8. The van der Waals surface area contributed by atoms with Gasteiger partial charge in [0.15, 0.2) is 0 Å². The molecule has 1 aromatic rings. The number of nitrogens with zero attached hydrogens (tertiary/aromatic N) is 2. The number of hydrogen-bond donors (Lipinski definition) is 1. The molecule has 1 heterocycles. The smallest absolute Gasteiger partial charge is 0.0568 e. The summed E-state index contributed by atoms with van der Waals surface area (Å²) in [4.78, 5) is 0. The second-order valence-corrected chi connectivity index (χ2v) is 5.61. The molecule has 2 rings (SSSR count). The summed E-state index contributed by atoms with van der Waals surface area (Å²) in [6.45, 7) is 6.54. The van der Waals surface area contributed by atoms with Crippen LogP contribution in [0.3, 0.4) is 0 Å². The Balaban J connectivity index is 1.97. The summed E-state index contributed by atoms with van der Waals surface area (Å²) in [5.74, 6) is 0.842. The molecule has 1 unspecified atom stereocenters. The van der Waals surface area contributed by atoms with E-state index in [2.05, 4.69) is 35.0 Å². The minimum Gasteiger partial charge on any atom is -0.312 e. The van der Waals surface area contributed by atoms with Gasteiger partial charge in [-0.3, -0.25) is 4.68 Å². The summed E-state index contributed by atoms with van der Waals surface area (Å²) in [6.07, 6.45) is 10.1. The molecule has 3 nitrogen and oxygen atoms in total. The number of hydrogen-bond acceptors (Lipinski definition) is 2. The fraction of sp³-hybridized carbons (Fsp3) is 0.800. The fourth-order valence-corrected chi connectivity index (χ4v) is 3.02. The van der Waals surface area contributed by atoms with Gasteiger partial charge in [0.25, 0.3) is 0 Å². The molecule has 1 N–H and O–H groups in total. The quantitative estimate of drug-likeness (QED) is 0.839. The van der Waals surface area contributed by atoms with Gasteiger partial charge in [0.2, 0.25) is 0 Å². The lowest BCUT2D eigenvalue weighted by Gasteiger charge is -2.31. The lowest BCUT2D eigenvalue weighted by molar-refractivity contribution is 0.242. The predicted molar refractivity (Wildman–Crippen MR) is 75.6 cm³/mol. The van der Waals surface area contributed by atoms with Crippen LogP contribution < -0.4 is 5.32 Å². The van der Waals surface area contributed by atoms with E-state index in [1.54, 1.807) is 0 Å². The van der Waals surface area contributed by atoms with Crippen molar-refractivity contribution in [3.05, 3.63) is 18.0 Å². The summed E-state index contributed by atoms with van der Waals surface area (Å²) in [5.41, 5.74) is 1.27. The van der Waals surface area contributed by atoms with E-state index >= 15 is 0 Å². The molecule has 0 aromatic carbocycles. The van der Waals surface area contributed by atoms with Crippen molar-refractivity contribution in [2.24, 2.45) is 5.92 Å². The van der Waals surface area contributed by atoms with E-state index in [0.717, 1.165) is 19.0 Å². The fourth-order valence-electron chi connectivity index (χ4n) is 3.02. The third-order valence-corrected chi connectivity index (χ3v) is 4.17. The maximum absolute atomic E-state index is 4.44. The average Bonchev–Trinajstić information content (AvgIpc) is 2.81. The highest BCUT2D eigenvalue weighted by atomic mass is 15.3. The standard InChI is InChI=1S/C15H27N3/c1-3-10-16-15(14-7-5-4-6-8-14)12-18-13(2)9-11-17-18/h9,11,14-16H,3-8,10,12H2,1-2H3. The Morgan fingerprint density at radius 1 is 1.39 bits per heavy atom. The lowest BCUT2D eigenvalue weighted by atomic mass is 9.83. The van der Waals surface area contributed by atoms with Gasteiger partial charge in [-0.25, -0.2) is 0 Å². The van der Waals surface area contributed by atoms with Gasteiger partial charge >= 0.3 is 0 Å². The van der Waals surface area contributed by atoms with Crippen LogP contribution in [0.25, 0.3) is 0 Å². The molecule has 1 aliphatic rings. The largest absolute Gasteiger partial charge is 0.312 e. The minimum absolute atomic E-state index is 0.601. The molecular formula is C15H27N3. The third-order valence-electron chi connectivity index (χ3n) is 4.17. The van der Waals surface area contributed by atoms with E-state index in [9.17, 15) is 0 Å². The zero-order valence-corrected chi connectivity index (χ0v) is 11.9. The van der Waals surface area contributed by atoms with Crippen molar-refractivity contribution >= 4 is 0 Å². The van der Waals surface area contributed by atoms with Crippen LogP contribution in [0.5, 0.6) is 0 Å². The van der Waals surface area contributed by atoms with Crippen molar-refractivity contribution in [3.8, 4) is 0 Å². The van der Waals surface area contributed by atoms with Gasteiger partial charge in [-0.05, 0) is 44.7 Å². The van der Waals surface area contributed by atoms with Crippen LogP contribution in [0.1, 0.15) is 51.1 Å². The first kappa shape index (κ1) is 13.6. The average molecular weight is 249 g/mol. The number of rotatable bonds is 6. The second kappa shape index (κ2) is 6.93. The van der Waals surface area contributed by atoms with Crippen LogP contribution in [-0.2, 0) is 6.54 Å². The monoisotopic (exact) mass is 249 g/mol. The SMILES string of the molecule is CCCNC(Cn1nccc1C)C1CCCCC1. The Kier molecular flexibility index (Phi) is 5.24. The zero-order valence-electron chi connectivity index (χ0n) is 11.9. The molecule has 3 heteroatoms. The van der Waals surface area contributed by atoms with Gasteiger partial charge in [0, 0.05) is 17.9 Å². The Hall–Kier alpha value is -0.830. The maximum Gasteiger partial charge on any atom is 0.0568 e. The summed E-state index contributed by atoms with van der Waals surface area (Å²) in [5, 5.41) is 8.18. The second-order valence-electron chi connectivity index (χ2n) is 5.61. The van der Waals surface area contributed by atoms with E-state index < -0.39 is 0 Å². The molecule has 1 saturated carbocycles. The maximum atomic E-state index is 4.44. The molecule has 1 atom stereocenters. The molecule has 18 heavy (non-hydrogen) atoms. The molecule has 0 radical (unpaired) electrons. The van der Waals surface area contributed by atoms with Crippen molar-refractivity contribution in [3.63, 3.8) is 0 Å². The minimum atomic E-state index is 0.601. The van der Waals surface area contributed by atoms with Gasteiger partial charge in [-0.1, -0.05) is 26.2 Å². The van der Waals surface area contributed by atoms with Crippen molar-refractivity contribution in [1.82, 2.24) is 15.1 Å². The molecular weight excluding hydrogens is 222 g/mol. The van der Waals surface area contributed by atoms with Crippen LogP contribution in [0, 0.1) is 12.8 Å². The Bertz CT molecular complexity index is 339. The predicted octanol–water partition coefficient (Wildman–Crippen LogP) is 3.14. The molecule has 1 aliphatic carbocycles. The lowest BCUT2D eigenvalue weighted by Crippen LogP contribution is -2.41. The highest BCUT2D eigenvalue weighted by Gasteiger charge is 2.23. The highest BCUT2D eigenvalue weighted by molar-refractivity contribution is 4.97. The van der Waals surface area contributed by atoms with Crippen LogP contribution in [0.4, 0.5) is 0 Å². The molecule has 0 bridgehead atoms. The van der Waals surface area contributed by atoms with Crippen molar-refractivity contribution < 1.29 is 0 Å². The van der Waals surface area contributed by atoms with E-state index in [-0.39, 0.29) is 0 Å². The van der Waals surface area contributed by atoms with Crippen molar-refractivity contribution in [2.45, 2.75) is 65.0 Å². The van der Waals surface area contributed by atoms with Crippen molar-refractivity contribution in [2.75, 3.05) is 6.54 Å². The summed E-state index contributed by atoms with van der Waals surface area (Å²) >= 11 is 0.